The van der Waals surface area contributed by atoms with Gasteiger partial charge in [0.05, 0.1) is 11.7 Å². The number of benzene rings is 2. The molecular weight excluding hydrogens is 300 g/mol. The number of nitrogens with zero attached hydrogens (tertiary/aromatic N) is 1. The van der Waals surface area contributed by atoms with Crippen molar-refractivity contribution in [2.45, 2.75) is 32.0 Å². The van der Waals surface area contributed by atoms with Gasteiger partial charge < -0.3 is 15.0 Å². The summed E-state index contributed by atoms with van der Waals surface area (Å²) in [5.74, 6) is 0.0769. The number of carbonyl (C=O) groups excluding carboxylic acids is 1. The Morgan fingerprint density at radius 2 is 1.96 bits per heavy atom. The van der Waals surface area contributed by atoms with Gasteiger partial charge in [0.2, 0.25) is 0 Å². The Labute approximate surface area is 142 Å². The molecule has 2 aromatic carbocycles. The van der Waals surface area contributed by atoms with Crippen molar-refractivity contribution in [1.29, 1.82) is 0 Å². The molecule has 2 aliphatic rings. The second-order valence-corrected chi connectivity index (χ2v) is 6.54. The number of anilines is 1. The topological polar surface area (TPSA) is 41.6 Å². The molecule has 4 rings (SSSR count). The zero-order valence-corrected chi connectivity index (χ0v) is 13.9. The highest BCUT2D eigenvalue weighted by atomic mass is 16.5. The molecule has 2 unspecified atom stereocenters. The fourth-order valence-corrected chi connectivity index (χ4v) is 3.63. The number of nitrogens with one attached hydrogen (secondary N) is 1. The van der Waals surface area contributed by atoms with Gasteiger partial charge in [0.15, 0.2) is 0 Å². The van der Waals surface area contributed by atoms with Gasteiger partial charge in [-0.25, -0.2) is 0 Å². The third-order valence-electron chi connectivity index (χ3n) is 4.93. The van der Waals surface area contributed by atoms with E-state index in [2.05, 4.69) is 24.4 Å². The van der Waals surface area contributed by atoms with Crippen LogP contribution in [0.5, 0.6) is 0 Å². The maximum absolute atomic E-state index is 13.1. The Morgan fingerprint density at radius 3 is 2.75 bits per heavy atom. The number of hydrogen-bond donors (Lipinski definition) is 1. The molecule has 1 amide bonds. The number of hydrogen-bond acceptors (Lipinski definition) is 3. The van der Waals surface area contributed by atoms with Crippen LogP contribution in [-0.4, -0.2) is 30.1 Å². The lowest BCUT2D eigenvalue weighted by atomic mass is 9.99. The van der Waals surface area contributed by atoms with Crippen LogP contribution in [0.3, 0.4) is 0 Å². The number of ether oxygens (including phenoxy) is 1. The van der Waals surface area contributed by atoms with E-state index in [1.807, 2.05) is 41.3 Å². The van der Waals surface area contributed by atoms with Gasteiger partial charge in [-0.05, 0) is 43.0 Å². The summed E-state index contributed by atoms with van der Waals surface area (Å²) in [6.07, 6.45) is 2.07. The standard InChI is InChI=1S/C20H22N2O2/c1-14-7-2-3-9-16(14)19-21-18-11-5-4-10-17(18)20(23)22(19)13-15-8-6-12-24-15/h2-5,7,9-11,15,19,21H,6,8,12-13H2,1H3. The van der Waals surface area contributed by atoms with Crippen molar-refractivity contribution in [3.63, 3.8) is 0 Å². The van der Waals surface area contributed by atoms with Crippen LogP contribution in [0, 0.1) is 6.92 Å². The van der Waals surface area contributed by atoms with Crippen molar-refractivity contribution in [2.24, 2.45) is 0 Å². The molecule has 1 fully saturated rings. The quantitative estimate of drug-likeness (QED) is 0.936. The van der Waals surface area contributed by atoms with E-state index in [1.165, 1.54) is 5.56 Å². The third kappa shape index (κ3) is 2.67. The first-order valence-corrected chi connectivity index (χ1v) is 8.58. The summed E-state index contributed by atoms with van der Waals surface area (Å²) in [5.41, 5.74) is 3.96. The molecule has 0 saturated carbocycles. The van der Waals surface area contributed by atoms with Crippen LogP contribution in [0.25, 0.3) is 0 Å². The van der Waals surface area contributed by atoms with Gasteiger partial charge in [-0.2, -0.15) is 0 Å². The maximum Gasteiger partial charge on any atom is 0.257 e. The zero-order chi connectivity index (χ0) is 16.5. The highest BCUT2D eigenvalue weighted by molar-refractivity contribution is 6.01. The molecular formula is C20H22N2O2. The summed E-state index contributed by atoms with van der Waals surface area (Å²) in [7, 11) is 0. The highest BCUT2D eigenvalue weighted by Crippen LogP contribution is 2.35. The molecule has 0 radical (unpaired) electrons. The monoisotopic (exact) mass is 322 g/mol. The number of amides is 1. The second-order valence-electron chi connectivity index (χ2n) is 6.54. The van der Waals surface area contributed by atoms with Crippen LogP contribution in [0.4, 0.5) is 5.69 Å². The normalized spacial score (nSPS) is 23.0. The Balaban J connectivity index is 1.73. The number of fused-ring (bicyclic) bond motifs is 1. The molecule has 4 nitrogen and oxygen atoms in total. The molecule has 124 valence electrons. The average Bonchev–Trinajstić information content (AvgIpc) is 3.11. The number of rotatable bonds is 3. The van der Waals surface area contributed by atoms with Gasteiger partial charge in [0.25, 0.3) is 5.91 Å². The first kappa shape index (κ1) is 15.2. The zero-order valence-electron chi connectivity index (χ0n) is 13.9. The van der Waals surface area contributed by atoms with Gasteiger partial charge in [0.1, 0.15) is 6.17 Å². The highest BCUT2D eigenvalue weighted by Gasteiger charge is 2.35. The van der Waals surface area contributed by atoms with Gasteiger partial charge in [0, 0.05) is 18.8 Å². The fraction of sp³-hybridized carbons (Fsp3) is 0.350. The van der Waals surface area contributed by atoms with Crippen molar-refractivity contribution in [3.8, 4) is 0 Å². The molecule has 2 aromatic rings. The molecule has 0 bridgehead atoms. The molecule has 2 atom stereocenters. The molecule has 2 aliphatic heterocycles. The van der Waals surface area contributed by atoms with Crippen LogP contribution in [0.2, 0.25) is 0 Å². The summed E-state index contributed by atoms with van der Waals surface area (Å²) >= 11 is 0. The van der Waals surface area contributed by atoms with E-state index in [0.717, 1.165) is 36.3 Å². The summed E-state index contributed by atoms with van der Waals surface area (Å²) < 4.78 is 5.78. The first-order valence-electron chi connectivity index (χ1n) is 8.58. The molecule has 0 aromatic heterocycles. The van der Waals surface area contributed by atoms with Gasteiger partial charge in [-0.1, -0.05) is 36.4 Å². The maximum atomic E-state index is 13.1. The van der Waals surface area contributed by atoms with Crippen molar-refractivity contribution in [1.82, 2.24) is 4.90 Å². The minimum absolute atomic E-state index is 0.0769. The van der Waals surface area contributed by atoms with Gasteiger partial charge in [-0.15, -0.1) is 0 Å². The predicted octanol–water partition coefficient (Wildman–Crippen LogP) is 3.74. The fourth-order valence-electron chi connectivity index (χ4n) is 3.63. The molecule has 0 spiro atoms. The lowest BCUT2D eigenvalue weighted by Crippen LogP contribution is -2.46. The lowest BCUT2D eigenvalue weighted by Gasteiger charge is -2.39. The molecule has 0 aliphatic carbocycles. The van der Waals surface area contributed by atoms with Crippen molar-refractivity contribution in [3.05, 3.63) is 65.2 Å². The average molecular weight is 322 g/mol. The van der Waals surface area contributed by atoms with Crippen molar-refractivity contribution < 1.29 is 9.53 Å². The van der Waals surface area contributed by atoms with E-state index < -0.39 is 0 Å². The largest absolute Gasteiger partial charge is 0.376 e. The molecule has 2 heterocycles. The summed E-state index contributed by atoms with van der Waals surface area (Å²) in [4.78, 5) is 15.1. The summed E-state index contributed by atoms with van der Waals surface area (Å²) in [6, 6.07) is 16.0. The van der Waals surface area contributed by atoms with Gasteiger partial charge >= 0.3 is 0 Å². The smallest absolute Gasteiger partial charge is 0.257 e. The Kier molecular flexibility index (Phi) is 3.98. The van der Waals surface area contributed by atoms with Gasteiger partial charge in [-0.3, -0.25) is 4.79 Å². The Bertz CT molecular complexity index is 753. The SMILES string of the molecule is Cc1ccccc1C1Nc2ccccc2C(=O)N1CC1CCCO1. The van der Waals surface area contributed by atoms with E-state index in [-0.39, 0.29) is 18.2 Å². The van der Waals surface area contributed by atoms with Crippen LogP contribution >= 0.6 is 0 Å². The summed E-state index contributed by atoms with van der Waals surface area (Å²) in [6.45, 7) is 3.51. The van der Waals surface area contributed by atoms with E-state index >= 15 is 0 Å². The minimum Gasteiger partial charge on any atom is -0.376 e. The number of para-hydroxylation sites is 1. The first-order chi connectivity index (χ1) is 11.7. The van der Waals surface area contributed by atoms with E-state index in [4.69, 9.17) is 4.74 Å². The van der Waals surface area contributed by atoms with E-state index in [1.54, 1.807) is 0 Å². The molecule has 1 N–H and O–H groups in total. The number of carbonyl (C=O) groups is 1. The van der Waals surface area contributed by atoms with E-state index in [9.17, 15) is 4.79 Å². The Hall–Kier alpha value is -2.33. The van der Waals surface area contributed by atoms with Crippen LogP contribution in [0.15, 0.2) is 48.5 Å². The number of aryl methyl sites for hydroxylation is 1. The van der Waals surface area contributed by atoms with Crippen molar-refractivity contribution >= 4 is 11.6 Å². The van der Waals surface area contributed by atoms with Crippen LogP contribution in [-0.2, 0) is 4.74 Å². The summed E-state index contributed by atoms with van der Waals surface area (Å²) in [5, 5.41) is 3.56. The lowest BCUT2D eigenvalue weighted by molar-refractivity contribution is 0.0426. The van der Waals surface area contributed by atoms with Crippen LogP contribution < -0.4 is 5.32 Å². The molecule has 1 saturated heterocycles. The minimum atomic E-state index is -0.155. The van der Waals surface area contributed by atoms with E-state index in [0.29, 0.717) is 6.54 Å². The third-order valence-corrected chi connectivity index (χ3v) is 4.93. The molecule has 24 heavy (non-hydrogen) atoms. The molecule has 4 heteroatoms. The Morgan fingerprint density at radius 1 is 1.17 bits per heavy atom. The second kappa shape index (κ2) is 6.29. The predicted molar refractivity (Wildman–Crippen MR) is 94.0 cm³/mol. The van der Waals surface area contributed by atoms with Crippen LogP contribution in [0.1, 0.15) is 40.5 Å². The van der Waals surface area contributed by atoms with Crippen molar-refractivity contribution in [2.75, 3.05) is 18.5 Å².